The second-order valence-electron chi connectivity index (χ2n) is 13.8. The zero-order chi connectivity index (χ0) is 35.8. The molecule has 0 aromatic heterocycles. The molecule has 10 aromatic carbocycles. The standard InChI is InChI=1S/C52H36N2/c1-3-16-41(17-4-1)53(51-25-13-24-48-45-20-9-7-14-39(45)30-35-50(48)51)43-31-26-37(27-32-43)38-28-33-44(34-29-38)54(42-18-5-2-6-19-42)52-36-40-15-8-10-21-46(40)47-22-11-12-23-49(47)52/h1-36H. The van der Waals surface area contributed by atoms with Crippen molar-refractivity contribution < 1.29 is 0 Å². The molecular weight excluding hydrogens is 653 g/mol. The maximum absolute atomic E-state index is 2.38. The molecule has 0 radical (unpaired) electrons. The van der Waals surface area contributed by atoms with Gasteiger partial charge < -0.3 is 9.80 Å². The van der Waals surface area contributed by atoms with Gasteiger partial charge in [-0.25, -0.2) is 0 Å². The van der Waals surface area contributed by atoms with Crippen molar-refractivity contribution >= 4 is 77.2 Å². The fourth-order valence-electron chi connectivity index (χ4n) is 8.05. The third-order valence-electron chi connectivity index (χ3n) is 10.6. The highest BCUT2D eigenvalue weighted by molar-refractivity contribution is 6.15. The molecule has 254 valence electrons. The van der Waals surface area contributed by atoms with E-state index < -0.39 is 0 Å². The number of rotatable bonds is 7. The molecule has 0 amide bonds. The van der Waals surface area contributed by atoms with Crippen molar-refractivity contribution in [2.24, 2.45) is 0 Å². The van der Waals surface area contributed by atoms with Gasteiger partial charge >= 0.3 is 0 Å². The molecule has 0 N–H and O–H groups in total. The molecule has 0 heterocycles. The Morgan fingerprint density at radius 1 is 0.222 bits per heavy atom. The molecule has 0 atom stereocenters. The van der Waals surface area contributed by atoms with Crippen molar-refractivity contribution in [1.82, 2.24) is 0 Å². The van der Waals surface area contributed by atoms with Gasteiger partial charge in [0.15, 0.2) is 0 Å². The summed E-state index contributed by atoms with van der Waals surface area (Å²) in [4.78, 5) is 4.75. The third kappa shape index (κ3) is 5.53. The Hall–Kier alpha value is -7.16. The van der Waals surface area contributed by atoms with Gasteiger partial charge in [-0.3, -0.25) is 0 Å². The number of benzene rings is 10. The monoisotopic (exact) mass is 688 g/mol. The van der Waals surface area contributed by atoms with Crippen molar-refractivity contribution in [2.45, 2.75) is 0 Å². The molecule has 54 heavy (non-hydrogen) atoms. The molecule has 10 aromatic rings. The van der Waals surface area contributed by atoms with Crippen LogP contribution in [0.2, 0.25) is 0 Å². The quantitative estimate of drug-likeness (QED) is 0.154. The van der Waals surface area contributed by atoms with Crippen LogP contribution < -0.4 is 9.80 Å². The highest BCUT2D eigenvalue weighted by Crippen LogP contribution is 2.44. The van der Waals surface area contributed by atoms with Crippen LogP contribution in [0.25, 0.3) is 54.2 Å². The SMILES string of the molecule is c1ccc(N(c2ccc(-c3ccc(N(c4ccccc4)c4cc5ccccc5c5ccccc45)cc3)cc2)c2cccc3c2ccc2ccccc23)cc1. The molecule has 0 saturated carbocycles. The average molecular weight is 689 g/mol. The third-order valence-corrected chi connectivity index (χ3v) is 10.6. The predicted molar refractivity (Wildman–Crippen MR) is 231 cm³/mol. The van der Waals surface area contributed by atoms with Crippen molar-refractivity contribution in [2.75, 3.05) is 9.80 Å². The van der Waals surface area contributed by atoms with Crippen LogP contribution in [-0.2, 0) is 0 Å². The first-order valence-corrected chi connectivity index (χ1v) is 18.5. The van der Waals surface area contributed by atoms with E-state index in [9.17, 15) is 0 Å². The summed E-state index contributed by atoms with van der Waals surface area (Å²) in [5, 5.41) is 9.97. The predicted octanol–water partition coefficient (Wildman–Crippen LogP) is 14.9. The number of anilines is 6. The highest BCUT2D eigenvalue weighted by atomic mass is 15.1. The normalized spacial score (nSPS) is 11.3. The van der Waals surface area contributed by atoms with E-state index in [1.165, 1.54) is 54.2 Å². The molecule has 2 nitrogen and oxygen atoms in total. The van der Waals surface area contributed by atoms with Gasteiger partial charge in [-0.1, -0.05) is 158 Å². The summed E-state index contributed by atoms with van der Waals surface area (Å²) < 4.78 is 0. The van der Waals surface area contributed by atoms with Crippen molar-refractivity contribution in [3.63, 3.8) is 0 Å². The van der Waals surface area contributed by atoms with Crippen LogP contribution in [0.3, 0.4) is 0 Å². The van der Waals surface area contributed by atoms with Crippen LogP contribution in [0.4, 0.5) is 34.1 Å². The highest BCUT2D eigenvalue weighted by Gasteiger charge is 2.19. The van der Waals surface area contributed by atoms with E-state index in [2.05, 4.69) is 228 Å². The number of fused-ring (bicyclic) bond motifs is 6. The fourth-order valence-corrected chi connectivity index (χ4v) is 8.05. The number of hydrogen-bond acceptors (Lipinski definition) is 2. The smallest absolute Gasteiger partial charge is 0.0546 e. The molecular formula is C52H36N2. The Kier molecular flexibility index (Phi) is 7.85. The Labute approximate surface area is 315 Å². The van der Waals surface area contributed by atoms with Crippen LogP contribution in [0, 0.1) is 0 Å². The van der Waals surface area contributed by atoms with E-state index in [0.717, 1.165) is 34.1 Å². The fraction of sp³-hybridized carbons (Fsp3) is 0. The van der Waals surface area contributed by atoms with Gasteiger partial charge in [-0.2, -0.15) is 0 Å². The zero-order valence-electron chi connectivity index (χ0n) is 29.7. The lowest BCUT2D eigenvalue weighted by molar-refractivity contribution is 1.29. The van der Waals surface area contributed by atoms with Crippen LogP contribution in [0.1, 0.15) is 0 Å². The van der Waals surface area contributed by atoms with Gasteiger partial charge in [0.05, 0.1) is 11.4 Å². The Morgan fingerprint density at radius 3 is 1.22 bits per heavy atom. The molecule has 0 aliphatic rings. The first-order valence-electron chi connectivity index (χ1n) is 18.5. The average Bonchev–Trinajstić information content (AvgIpc) is 3.25. The van der Waals surface area contributed by atoms with E-state index in [-0.39, 0.29) is 0 Å². The van der Waals surface area contributed by atoms with Crippen LogP contribution in [0.5, 0.6) is 0 Å². The minimum atomic E-state index is 1.11. The first-order chi connectivity index (χ1) is 26.8. The summed E-state index contributed by atoms with van der Waals surface area (Å²) in [5.74, 6) is 0. The number of nitrogens with zero attached hydrogens (tertiary/aromatic N) is 2. The lowest BCUT2D eigenvalue weighted by Crippen LogP contribution is -2.10. The van der Waals surface area contributed by atoms with E-state index in [1.54, 1.807) is 0 Å². The summed E-state index contributed by atoms with van der Waals surface area (Å²) in [5.41, 5.74) is 9.13. The molecule has 0 aliphatic carbocycles. The summed E-state index contributed by atoms with van der Waals surface area (Å²) in [6.07, 6.45) is 0. The number of hydrogen-bond donors (Lipinski definition) is 0. The largest absolute Gasteiger partial charge is 0.310 e. The number of para-hydroxylation sites is 2. The Bertz CT molecular complexity index is 2920. The Morgan fingerprint density at radius 2 is 0.630 bits per heavy atom. The van der Waals surface area contributed by atoms with E-state index in [1.807, 2.05) is 0 Å². The maximum atomic E-state index is 2.38. The van der Waals surface area contributed by atoms with Gasteiger partial charge in [0.1, 0.15) is 0 Å². The van der Waals surface area contributed by atoms with E-state index in [4.69, 9.17) is 0 Å². The molecule has 0 fully saturated rings. The molecule has 0 bridgehead atoms. The molecule has 0 spiro atoms. The van der Waals surface area contributed by atoms with Crippen LogP contribution >= 0.6 is 0 Å². The molecule has 0 unspecified atom stereocenters. The van der Waals surface area contributed by atoms with Crippen molar-refractivity contribution in [1.29, 1.82) is 0 Å². The van der Waals surface area contributed by atoms with Gasteiger partial charge in [0, 0.05) is 33.5 Å². The van der Waals surface area contributed by atoms with Crippen LogP contribution in [0.15, 0.2) is 218 Å². The van der Waals surface area contributed by atoms with Gasteiger partial charge in [-0.15, -0.1) is 0 Å². The van der Waals surface area contributed by atoms with Crippen molar-refractivity contribution in [3.8, 4) is 11.1 Å². The van der Waals surface area contributed by atoms with Gasteiger partial charge in [0.25, 0.3) is 0 Å². The topological polar surface area (TPSA) is 6.48 Å². The summed E-state index contributed by atoms with van der Waals surface area (Å²) in [7, 11) is 0. The molecule has 2 heteroatoms. The van der Waals surface area contributed by atoms with E-state index in [0.29, 0.717) is 0 Å². The lowest BCUT2D eigenvalue weighted by Gasteiger charge is -2.28. The minimum Gasteiger partial charge on any atom is -0.310 e. The van der Waals surface area contributed by atoms with E-state index >= 15 is 0 Å². The summed E-state index contributed by atoms with van der Waals surface area (Å²) in [6.45, 7) is 0. The van der Waals surface area contributed by atoms with Crippen molar-refractivity contribution in [3.05, 3.63) is 218 Å². The van der Waals surface area contributed by atoms with Gasteiger partial charge in [-0.05, 0) is 104 Å². The van der Waals surface area contributed by atoms with Gasteiger partial charge in [0.2, 0.25) is 0 Å². The second-order valence-corrected chi connectivity index (χ2v) is 13.8. The molecule has 0 aliphatic heterocycles. The maximum Gasteiger partial charge on any atom is 0.0546 e. The molecule has 0 saturated heterocycles. The van der Waals surface area contributed by atoms with Crippen LogP contribution in [-0.4, -0.2) is 0 Å². The zero-order valence-corrected chi connectivity index (χ0v) is 29.7. The first kappa shape index (κ1) is 31.6. The second kappa shape index (κ2) is 13.4. The summed E-state index contributed by atoms with van der Waals surface area (Å²) in [6, 6.07) is 78.8. The summed E-state index contributed by atoms with van der Waals surface area (Å²) >= 11 is 0. The minimum absolute atomic E-state index is 1.11. The molecule has 10 rings (SSSR count). The Balaban J connectivity index is 1.04. The lowest BCUT2D eigenvalue weighted by atomic mass is 9.98.